The number of carbonyl (C=O) groups is 1. The number of hydrogen-bond acceptors (Lipinski definition) is 4. The lowest BCUT2D eigenvalue weighted by Gasteiger charge is -2.18. The minimum atomic E-state index is -3.77. The van der Waals surface area contributed by atoms with E-state index in [1.165, 1.54) is 16.4 Å². The summed E-state index contributed by atoms with van der Waals surface area (Å²) in [5.41, 5.74) is 5.65. The summed E-state index contributed by atoms with van der Waals surface area (Å²) in [5.74, 6) is -1.18. The number of benzene rings is 1. The lowest BCUT2D eigenvalue weighted by Crippen LogP contribution is -2.32. The van der Waals surface area contributed by atoms with Crippen LogP contribution in [0.1, 0.15) is 29.6 Å². The van der Waals surface area contributed by atoms with Gasteiger partial charge in [-0.15, -0.1) is 12.4 Å². The lowest BCUT2D eigenvalue weighted by molar-refractivity contribution is 0.0788. The van der Waals surface area contributed by atoms with Crippen molar-refractivity contribution in [2.24, 2.45) is 5.73 Å². The molecule has 0 bridgehead atoms. The number of rotatable bonds is 3. The third kappa shape index (κ3) is 3.56. The van der Waals surface area contributed by atoms with Crippen molar-refractivity contribution in [3.63, 3.8) is 0 Å². The van der Waals surface area contributed by atoms with Crippen molar-refractivity contribution in [1.82, 2.24) is 9.21 Å². The summed E-state index contributed by atoms with van der Waals surface area (Å²) < 4.78 is 40.5. The third-order valence-corrected chi connectivity index (χ3v) is 6.25. The van der Waals surface area contributed by atoms with Crippen LogP contribution in [0.4, 0.5) is 4.39 Å². The molecule has 0 spiro atoms. The van der Waals surface area contributed by atoms with E-state index in [0.29, 0.717) is 26.1 Å². The van der Waals surface area contributed by atoms with Gasteiger partial charge in [0.05, 0.1) is 10.5 Å². The van der Waals surface area contributed by atoms with E-state index in [4.69, 9.17) is 5.73 Å². The Morgan fingerprint density at radius 1 is 1.21 bits per heavy atom. The Labute approximate surface area is 147 Å². The highest BCUT2D eigenvalue weighted by Gasteiger charge is 2.32. The topological polar surface area (TPSA) is 83.7 Å². The second-order valence-electron chi connectivity index (χ2n) is 6.05. The molecule has 24 heavy (non-hydrogen) atoms. The zero-order valence-corrected chi connectivity index (χ0v) is 14.8. The van der Waals surface area contributed by atoms with Crippen molar-refractivity contribution in [2.45, 2.75) is 30.2 Å². The highest BCUT2D eigenvalue weighted by molar-refractivity contribution is 7.89. The first-order valence-electron chi connectivity index (χ1n) is 7.74. The molecule has 6 nitrogen and oxygen atoms in total. The van der Waals surface area contributed by atoms with Gasteiger partial charge in [-0.3, -0.25) is 4.79 Å². The number of amides is 1. The maximum atomic E-state index is 14.3. The van der Waals surface area contributed by atoms with Crippen molar-refractivity contribution < 1.29 is 17.6 Å². The van der Waals surface area contributed by atoms with E-state index in [9.17, 15) is 17.6 Å². The standard InChI is InChI=1S/C15H20FN3O3S.ClH/c16-14-9-12(23(21,22)19-8-5-11(17)10-19)3-4-13(14)15(20)18-6-1-2-7-18;/h3-4,9,11H,1-2,5-8,10,17H2;1H/t11-;/m1./s1. The van der Waals surface area contributed by atoms with Gasteiger partial charge in [0.25, 0.3) is 5.91 Å². The minimum absolute atomic E-state index is 0. The van der Waals surface area contributed by atoms with Crippen LogP contribution in [-0.2, 0) is 10.0 Å². The van der Waals surface area contributed by atoms with E-state index in [0.717, 1.165) is 18.9 Å². The molecule has 1 amide bonds. The van der Waals surface area contributed by atoms with Gasteiger partial charge in [0.1, 0.15) is 5.82 Å². The van der Waals surface area contributed by atoms with Crippen LogP contribution in [0.15, 0.2) is 23.1 Å². The molecule has 2 saturated heterocycles. The number of halogens is 2. The van der Waals surface area contributed by atoms with Crippen LogP contribution in [0.25, 0.3) is 0 Å². The summed E-state index contributed by atoms with van der Waals surface area (Å²) in [4.78, 5) is 13.7. The van der Waals surface area contributed by atoms with Crippen LogP contribution in [0, 0.1) is 5.82 Å². The van der Waals surface area contributed by atoms with E-state index < -0.39 is 15.8 Å². The first-order valence-corrected chi connectivity index (χ1v) is 9.18. The summed E-state index contributed by atoms with van der Waals surface area (Å²) in [7, 11) is -3.77. The number of sulfonamides is 1. The Morgan fingerprint density at radius 3 is 2.42 bits per heavy atom. The number of nitrogens with zero attached hydrogens (tertiary/aromatic N) is 2. The molecular formula is C15H21ClFN3O3S. The van der Waals surface area contributed by atoms with Crippen LogP contribution in [-0.4, -0.2) is 55.8 Å². The molecule has 1 aromatic rings. The van der Waals surface area contributed by atoms with Crippen LogP contribution in [0.2, 0.25) is 0 Å². The van der Waals surface area contributed by atoms with Gasteiger partial charge in [-0.1, -0.05) is 0 Å². The Bertz CT molecular complexity index is 723. The molecule has 1 aromatic carbocycles. The van der Waals surface area contributed by atoms with Crippen LogP contribution in [0.5, 0.6) is 0 Å². The molecule has 0 saturated carbocycles. The van der Waals surface area contributed by atoms with Crippen molar-refractivity contribution in [3.05, 3.63) is 29.6 Å². The van der Waals surface area contributed by atoms with Crippen LogP contribution < -0.4 is 5.73 Å². The molecule has 134 valence electrons. The fourth-order valence-electron chi connectivity index (χ4n) is 3.04. The van der Waals surface area contributed by atoms with Gasteiger partial charge in [-0.05, 0) is 37.5 Å². The van der Waals surface area contributed by atoms with E-state index in [1.54, 1.807) is 4.90 Å². The highest BCUT2D eigenvalue weighted by atomic mass is 35.5. The Morgan fingerprint density at radius 2 is 1.88 bits per heavy atom. The molecule has 2 fully saturated rings. The van der Waals surface area contributed by atoms with Crippen LogP contribution >= 0.6 is 12.4 Å². The van der Waals surface area contributed by atoms with Gasteiger partial charge in [-0.2, -0.15) is 4.31 Å². The molecule has 0 radical (unpaired) electrons. The van der Waals surface area contributed by atoms with Gasteiger partial charge in [0.15, 0.2) is 0 Å². The molecule has 0 unspecified atom stereocenters. The fraction of sp³-hybridized carbons (Fsp3) is 0.533. The maximum Gasteiger partial charge on any atom is 0.256 e. The van der Waals surface area contributed by atoms with E-state index in [1.807, 2.05) is 0 Å². The maximum absolute atomic E-state index is 14.3. The van der Waals surface area contributed by atoms with Crippen LogP contribution in [0.3, 0.4) is 0 Å². The second kappa shape index (κ2) is 7.35. The predicted octanol–water partition coefficient (Wildman–Crippen LogP) is 1.21. The summed E-state index contributed by atoms with van der Waals surface area (Å²) in [6.45, 7) is 1.80. The fourth-order valence-corrected chi connectivity index (χ4v) is 4.57. The van der Waals surface area contributed by atoms with Gasteiger partial charge in [0, 0.05) is 32.2 Å². The Kier molecular flexibility index (Phi) is 5.85. The number of carbonyl (C=O) groups excluding carboxylic acids is 1. The highest BCUT2D eigenvalue weighted by Crippen LogP contribution is 2.23. The van der Waals surface area contributed by atoms with Crippen molar-refractivity contribution in [1.29, 1.82) is 0 Å². The zero-order valence-electron chi connectivity index (χ0n) is 13.2. The Hall–Kier alpha value is -1.22. The average Bonchev–Trinajstić information content (AvgIpc) is 3.17. The number of hydrogen-bond donors (Lipinski definition) is 1. The number of nitrogens with two attached hydrogens (primary N) is 1. The molecule has 9 heteroatoms. The third-order valence-electron chi connectivity index (χ3n) is 4.39. The minimum Gasteiger partial charge on any atom is -0.339 e. The molecule has 2 heterocycles. The summed E-state index contributed by atoms with van der Waals surface area (Å²) in [6, 6.07) is 3.30. The molecule has 2 aliphatic heterocycles. The smallest absolute Gasteiger partial charge is 0.256 e. The van der Waals surface area contributed by atoms with E-state index >= 15 is 0 Å². The second-order valence-corrected chi connectivity index (χ2v) is 7.99. The lowest BCUT2D eigenvalue weighted by atomic mass is 10.2. The predicted molar refractivity (Wildman–Crippen MR) is 90.1 cm³/mol. The van der Waals surface area contributed by atoms with Crippen molar-refractivity contribution in [3.8, 4) is 0 Å². The summed E-state index contributed by atoms with van der Waals surface area (Å²) >= 11 is 0. The Balaban J connectivity index is 0.00000208. The molecule has 0 aromatic heterocycles. The van der Waals surface area contributed by atoms with Gasteiger partial charge in [0.2, 0.25) is 10.0 Å². The molecule has 3 rings (SSSR count). The summed E-state index contributed by atoms with van der Waals surface area (Å²) in [6.07, 6.45) is 2.41. The zero-order chi connectivity index (χ0) is 16.6. The molecule has 1 atom stereocenters. The van der Waals surface area contributed by atoms with Gasteiger partial charge >= 0.3 is 0 Å². The molecular weight excluding hydrogens is 357 g/mol. The normalized spacial score (nSPS) is 21.8. The first-order chi connectivity index (χ1) is 10.9. The SMILES string of the molecule is Cl.N[C@@H]1CCN(S(=O)(=O)c2ccc(C(=O)N3CCCC3)c(F)c2)C1. The van der Waals surface area contributed by atoms with Crippen molar-refractivity contribution in [2.75, 3.05) is 26.2 Å². The van der Waals surface area contributed by atoms with Gasteiger partial charge in [-0.25, -0.2) is 12.8 Å². The number of likely N-dealkylation sites (tertiary alicyclic amines) is 1. The van der Waals surface area contributed by atoms with Crippen molar-refractivity contribution >= 4 is 28.3 Å². The first kappa shape index (κ1) is 19.1. The van der Waals surface area contributed by atoms with Gasteiger partial charge < -0.3 is 10.6 Å². The largest absolute Gasteiger partial charge is 0.339 e. The monoisotopic (exact) mass is 377 g/mol. The van der Waals surface area contributed by atoms with E-state index in [2.05, 4.69) is 0 Å². The van der Waals surface area contributed by atoms with E-state index in [-0.39, 0.29) is 41.4 Å². The quantitative estimate of drug-likeness (QED) is 0.858. The molecule has 2 aliphatic rings. The summed E-state index contributed by atoms with van der Waals surface area (Å²) in [5, 5.41) is 0. The average molecular weight is 378 g/mol. The molecule has 2 N–H and O–H groups in total. The molecule has 0 aliphatic carbocycles.